The Labute approximate surface area is 155 Å². The Balaban J connectivity index is 0.00000156. The quantitative estimate of drug-likeness (QED) is 0.811. The predicted molar refractivity (Wildman–Crippen MR) is 91.2 cm³/mol. The first-order valence-electron chi connectivity index (χ1n) is 7.55. The molecule has 142 valence electrons. The zero-order chi connectivity index (χ0) is 16.6. The lowest BCUT2D eigenvalue weighted by Gasteiger charge is -2.26. The molecule has 5 nitrogen and oxygen atoms in total. The lowest BCUT2D eigenvalue weighted by molar-refractivity contribution is -0.154. The number of nitrogens with zero attached hydrogens (tertiary/aromatic N) is 1. The van der Waals surface area contributed by atoms with E-state index in [0.29, 0.717) is 17.5 Å². The summed E-state index contributed by atoms with van der Waals surface area (Å²) in [7, 11) is 0. The number of anilines is 1. The second-order valence-electron chi connectivity index (χ2n) is 6.21. The molecule has 2 bridgehead atoms. The fourth-order valence-electron chi connectivity index (χ4n) is 3.65. The molecule has 2 aliphatic carbocycles. The highest BCUT2D eigenvalue weighted by Gasteiger charge is 2.49. The summed E-state index contributed by atoms with van der Waals surface area (Å²) in [5.74, 6) is 0.270. The minimum absolute atomic E-state index is 0. The van der Waals surface area contributed by atoms with Crippen LogP contribution in [0.1, 0.15) is 19.3 Å². The normalized spacial score (nSPS) is 27.2. The monoisotopic (exact) mass is 401 g/mol. The molecule has 2 fully saturated rings. The molecule has 3 N–H and O–H groups in total. The van der Waals surface area contributed by atoms with Crippen LogP contribution in [0.4, 0.5) is 18.9 Å². The number of carbonyl (C=O) groups excluding carboxylic acids is 1. The summed E-state index contributed by atoms with van der Waals surface area (Å²) in [6.45, 7) is -1.40. The van der Waals surface area contributed by atoms with Crippen LogP contribution in [0.25, 0.3) is 0 Å². The molecule has 0 aromatic carbocycles. The van der Waals surface area contributed by atoms with Crippen molar-refractivity contribution in [1.29, 1.82) is 0 Å². The van der Waals surface area contributed by atoms with Crippen LogP contribution >= 0.6 is 24.8 Å². The Kier molecular flexibility index (Phi) is 7.34. The number of halogens is 5. The van der Waals surface area contributed by atoms with Crippen LogP contribution in [0.3, 0.4) is 0 Å². The standard InChI is InChI=1S/C15H18F3N3O2.2ClH/c16-15(17,18)7-23-11-4-3-10(6-20-11)21-14(22)12-8-1-2-9(5-8)13(12)19;;/h3-4,6,8-9,12-13H,1-2,5,7,19H2,(H,21,22);2*1H. The number of fused-ring (bicyclic) bond motifs is 2. The van der Waals surface area contributed by atoms with Gasteiger partial charge in [-0.25, -0.2) is 4.98 Å². The summed E-state index contributed by atoms with van der Waals surface area (Å²) in [6.07, 6.45) is -0.0160. The molecule has 1 aromatic heterocycles. The molecule has 2 saturated carbocycles. The third kappa shape index (κ3) is 5.12. The van der Waals surface area contributed by atoms with Crippen LogP contribution in [0.2, 0.25) is 0 Å². The van der Waals surface area contributed by atoms with Gasteiger partial charge in [-0.3, -0.25) is 4.79 Å². The smallest absolute Gasteiger partial charge is 0.422 e. The molecule has 3 rings (SSSR count). The van der Waals surface area contributed by atoms with E-state index < -0.39 is 12.8 Å². The van der Waals surface area contributed by atoms with Crippen molar-refractivity contribution in [3.63, 3.8) is 0 Å². The molecule has 10 heteroatoms. The van der Waals surface area contributed by atoms with Crippen molar-refractivity contribution in [2.24, 2.45) is 23.5 Å². The third-order valence-corrected chi connectivity index (χ3v) is 4.67. The van der Waals surface area contributed by atoms with E-state index in [9.17, 15) is 18.0 Å². The number of rotatable bonds is 4. The molecule has 25 heavy (non-hydrogen) atoms. The van der Waals surface area contributed by atoms with Gasteiger partial charge in [0.1, 0.15) is 0 Å². The number of alkyl halides is 3. The van der Waals surface area contributed by atoms with E-state index in [1.807, 2.05) is 0 Å². The van der Waals surface area contributed by atoms with Gasteiger partial charge in [0.15, 0.2) is 6.61 Å². The van der Waals surface area contributed by atoms with Gasteiger partial charge in [0.2, 0.25) is 11.8 Å². The summed E-state index contributed by atoms with van der Waals surface area (Å²) in [5, 5.41) is 2.74. The zero-order valence-corrected chi connectivity index (χ0v) is 14.8. The van der Waals surface area contributed by atoms with Gasteiger partial charge in [-0.15, -0.1) is 24.8 Å². The van der Waals surface area contributed by atoms with Crippen molar-refractivity contribution >= 4 is 36.4 Å². The van der Waals surface area contributed by atoms with Crippen molar-refractivity contribution in [2.75, 3.05) is 11.9 Å². The van der Waals surface area contributed by atoms with Crippen LogP contribution in [-0.4, -0.2) is 29.7 Å². The van der Waals surface area contributed by atoms with Crippen molar-refractivity contribution in [3.8, 4) is 5.88 Å². The lowest BCUT2D eigenvalue weighted by Crippen LogP contribution is -2.42. The Morgan fingerprint density at radius 1 is 1.28 bits per heavy atom. The van der Waals surface area contributed by atoms with Gasteiger partial charge in [-0.1, -0.05) is 0 Å². The molecule has 4 unspecified atom stereocenters. The summed E-state index contributed by atoms with van der Waals surface area (Å²) >= 11 is 0. The molecule has 0 radical (unpaired) electrons. The highest BCUT2D eigenvalue weighted by atomic mass is 35.5. The highest BCUT2D eigenvalue weighted by Crippen LogP contribution is 2.47. The largest absolute Gasteiger partial charge is 0.468 e. The van der Waals surface area contributed by atoms with Crippen LogP contribution in [0, 0.1) is 17.8 Å². The van der Waals surface area contributed by atoms with Gasteiger partial charge in [0, 0.05) is 12.1 Å². The van der Waals surface area contributed by atoms with Gasteiger partial charge < -0.3 is 15.8 Å². The summed E-state index contributed by atoms with van der Waals surface area (Å²) < 4.78 is 40.7. The fourth-order valence-corrected chi connectivity index (χ4v) is 3.65. The average molecular weight is 402 g/mol. The molecular weight excluding hydrogens is 382 g/mol. The lowest BCUT2D eigenvalue weighted by atomic mass is 9.84. The van der Waals surface area contributed by atoms with Crippen LogP contribution in [-0.2, 0) is 4.79 Å². The van der Waals surface area contributed by atoms with Crippen LogP contribution in [0.15, 0.2) is 18.3 Å². The second-order valence-corrected chi connectivity index (χ2v) is 6.21. The number of hydrogen-bond donors (Lipinski definition) is 2. The van der Waals surface area contributed by atoms with Gasteiger partial charge in [0.05, 0.1) is 17.8 Å². The van der Waals surface area contributed by atoms with Crippen molar-refractivity contribution in [1.82, 2.24) is 4.98 Å². The van der Waals surface area contributed by atoms with Gasteiger partial charge in [0.25, 0.3) is 0 Å². The Hall–Kier alpha value is -1.25. The third-order valence-electron chi connectivity index (χ3n) is 4.67. The van der Waals surface area contributed by atoms with E-state index in [4.69, 9.17) is 5.73 Å². The molecule has 2 aliphatic rings. The number of nitrogens with one attached hydrogen (secondary N) is 1. The Morgan fingerprint density at radius 3 is 2.48 bits per heavy atom. The topological polar surface area (TPSA) is 77.2 Å². The number of carbonyl (C=O) groups is 1. The first-order chi connectivity index (χ1) is 10.8. The fraction of sp³-hybridized carbons (Fsp3) is 0.600. The maximum atomic E-state index is 12.4. The van der Waals surface area contributed by atoms with Gasteiger partial charge in [-0.2, -0.15) is 13.2 Å². The average Bonchev–Trinajstić information content (AvgIpc) is 3.06. The maximum Gasteiger partial charge on any atom is 0.422 e. The van der Waals surface area contributed by atoms with Crippen molar-refractivity contribution in [3.05, 3.63) is 18.3 Å². The molecule has 0 aliphatic heterocycles. The molecule has 4 atom stereocenters. The molecule has 0 spiro atoms. The number of aromatic nitrogens is 1. The number of pyridine rings is 1. The van der Waals surface area contributed by atoms with E-state index in [0.717, 1.165) is 19.3 Å². The predicted octanol–water partition coefficient (Wildman–Crippen LogP) is 3.18. The number of ether oxygens (including phenoxy) is 1. The molecule has 1 aromatic rings. The molecular formula is C15H20Cl2F3N3O2. The molecule has 1 amide bonds. The van der Waals surface area contributed by atoms with Gasteiger partial charge in [-0.05, 0) is 37.2 Å². The maximum absolute atomic E-state index is 12.4. The van der Waals surface area contributed by atoms with Crippen LogP contribution < -0.4 is 15.8 Å². The van der Waals surface area contributed by atoms with Crippen molar-refractivity contribution < 1.29 is 22.7 Å². The number of amides is 1. The molecule has 1 heterocycles. The van der Waals surface area contributed by atoms with E-state index in [1.54, 1.807) is 0 Å². The summed E-state index contributed by atoms with van der Waals surface area (Å²) in [5.41, 5.74) is 6.54. The van der Waals surface area contributed by atoms with E-state index in [1.165, 1.54) is 18.3 Å². The minimum Gasteiger partial charge on any atom is -0.468 e. The number of nitrogens with two attached hydrogens (primary N) is 1. The van der Waals surface area contributed by atoms with Crippen molar-refractivity contribution in [2.45, 2.75) is 31.5 Å². The van der Waals surface area contributed by atoms with E-state index >= 15 is 0 Å². The number of hydrogen-bond acceptors (Lipinski definition) is 4. The minimum atomic E-state index is -4.41. The van der Waals surface area contributed by atoms with Crippen LogP contribution in [0.5, 0.6) is 5.88 Å². The van der Waals surface area contributed by atoms with E-state index in [-0.39, 0.29) is 48.6 Å². The Morgan fingerprint density at radius 2 is 1.96 bits per heavy atom. The SMILES string of the molecule is Cl.Cl.NC1C2CCC(C2)C1C(=O)Nc1ccc(OCC(F)(F)F)nc1. The first-order valence-corrected chi connectivity index (χ1v) is 7.55. The molecule has 0 saturated heterocycles. The first kappa shape index (κ1) is 21.8. The van der Waals surface area contributed by atoms with Gasteiger partial charge >= 0.3 is 6.18 Å². The summed E-state index contributed by atoms with van der Waals surface area (Å²) in [4.78, 5) is 16.1. The zero-order valence-electron chi connectivity index (χ0n) is 13.2. The summed E-state index contributed by atoms with van der Waals surface area (Å²) in [6, 6.07) is 2.65. The second kappa shape index (κ2) is 8.42. The highest BCUT2D eigenvalue weighted by molar-refractivity contribution is 5.93. The van der Waals surface area contributed by atoms with E-state index in [2.05, 4.69) is 15.0 Å². The Bertz CT molecular complexity index is 584.